The molecule has 1 fully saturated rings. The summed E-state index contributed by atoms with van der Waals surface area (Å²) in [5.74, 6) is -2.53. The van der Waals surface area contributed by atoms with Gasteiger partial charge in [0.15, 0.2) is 9.84 Å². The zero-order valence-electron chi connectivity index (χ0n) is 9.86. The minimum Gasteiger partial charge on any atom is -0.388 e. The van der Waals surface area contributed by atoms with Crippen molar-refractivity contribution < 1.29 is 22.3 Å². The molecule has 6 heteroatoms. The molecule has 0 amide bonds. The van der Waals surface area contributed by atoms with E-state index in [0.29, 0.717) is 0 Å². The van der Waals surface area contributed by atoms with Crippen molar-refractivity contribution in [3.05, 3.63) is 34.9 Å². The predicted molar refractivity (Wildman–Crippen MR) is 62.8 cm³/mol. The van der Waals surface area contributed by atoms with Crippen molar-refractivity contribution in [2.75, 3.05) is 11.5 Å². The summed E-state index contributed by atoms with van der Waals surface area (Å²) in [4.78, 5) is 0. The fourth-order valence-corrected chi connectivity index (χ4v) is 4.09. The highest BCUT2D eigenvalue weighted by atomic mass is 32.2. The number of aliphatic hydroxyl groups excluding tert-OH is 1. The Morgan fingerprint density at radius 2 is 2.06 bits per heavy atom. The van der Waals surface area contributed by atoms with Crippen LogP contribution in [0.15, 0.2) is 12.1 Å². The summed E-state index contributed by atoms with van der Waals surface area (Å²) in [5, 5.41) is 9.99. The maximum atomic E-state index is 13.8. The minimum absolute atomic E-state index is 0.0379. The van der Waals surface area contributed by atoms with Crippen LogP contribution in [-0.2, 0) is 9.84 Å². The Bertz CT molecular complexity index is 569. The highest BCUT2D eigenvalue weighted by Crippen LogP contribution is 2.34. The number of sulfone groups is 1. The van der Waals surface area contributed by atoms with Crippen molar-refractivity contribution in [2.45, 2.75) is 19.4 Å². The second-order valence-electron chi connectivity index (χ2n) is 4.70. The van der Waals surface area contributed by atoms with Crippen LogP contribution in [0.3, 0.4) is 0 Å². The lowest BCUT2D eigenvalue weighted by Gasteiger charge is -2.19. The third-order valence-corrected chi connectivity index (χ3v) is 5.12. The van der Waals surface area contributed by atoms with E-state index < -0.39 is 39.1 Å². The van der Waals surface area contributed by atoms with Crippen LogP contribution in [-0.4, -0.2) is 25.0 Å². The van der Waals surface area contributed by atoms with Crippen LogP contribution in [0.2, 0.25) is 0 Å². The molecule has 0 aromatic heterocycles. The third kappa shape index (κ3) is 2.40. The number of aryl methyl sites for hydroxylation is 1. The third-order valence-electron chi connectivity index (χ3n) is 3.33. The van der Waals surface area contributed by atoms with Crippen LogP contribution in [0.1, 0.15) is 23.7 Å². The van der Waals surface area contributed by atoms with E-state index in [4.69, 9.17) is 0 Å². The SMILES string of the molecule is Cc1ccc(F)c(C(O)C2CCS(=O)(=O)C2)c1F. The summed E-state index contributed by atoms with van der Waals surface area (Å²) in [6.07, 6.45) is -1.18. The summed E-state index contributed by atoms with van der Waals surface area (Å²) in [6, 6.07) is 2.37. The van der Waals surface area contributed by atoms with Gasteiger partial charge in [-0.25, -0.2) is 17.2 Å². The Kier molecular flexibility index (Phi) is 3.42. The summed E-state index contributed by atoms with van der Waals surface area (Å²) in [7, 11) is -3.19. The zero-order chi connectivity index (χ0) is 13.5. The Labute approximate surface area is 104 Å². The molecule has 1 aliphatic heterocycles. The van der Waals surface area contributed by atoms with Gasteiger partial charge >= 0.3 is 0 Å². The quantitative estimate of drug-likeness (QED) is 0.895. The molecule has 1 aromatic rings. The van der Waals surface area contributed by atoms with Crippen LogP contribution in [0.5, 0.6) is 0 Å². The van der Waals surface area contributed by atoms with Gasteiger partial charge in [-0.15, -0.1) is 0 Å². The van der Waals surface area contributed by atoms with Crippen LogP contribution in [0, 0.1) is 24.5 Å². The molecule has 18 heavy (non-hydrogen) atoms. The van der Waals surface area contributed by atoms with Gasteiger partial charge in [-0.05, 0) is 25.0 Å². The first-order valence-electron chi connectivity index (χ1n) is 5.65. The molecular weight excluding hydrogens is 262 g/mol. The van der Waals surface area contributed by atoms with Gasteiger partial charge in [-0.1, -0.05) is 6.07 Å². The number of benzene rings is 1. The Morgan fingerprint density at radius 1 is 1.39 bits per heavy atom. The first kappa shape index (κ1) is 13.4. The van der Waals surface area contributed by atoms with E-state index in [0.717, 1.165) is 6.07 Å². The molecule has 1 aromatic carbocycles. The lowest BCUT2D eigenvalue weighted by atomic mass is 9.93. The number of hydrogen-bond donors (Lipinski definition) is 1. The standard InChI is InChI=1S/C12H14F2O3S/c1-7-2-3-9(13)10(11(7)14)12(15)8-4-5-18(16,17)6-8/h2-3,8,12,15H,4-6H2,1H3. The molecule has 0 aliphatic carbocycles. The van der Waals surface area contributed by atoms with Crippen molar-refractivity contribution >= 4 is 9.84 Å². The highest BCUT2D eigenvalue weighted by molar-refractivity contribution is 7.91. The molecule has 2 atom stereocenters. The van der Waals surface area contributed by atoms with Gasteiger partial charge in [-0.3, -0.25) is 0 Å². The predicted octanol–water partition coefficient (Wildman–Crippen LogP) is 1.74. The van der Waals surface area contributed by atoms with Crippen molar-refractivity contribution in [3.63, 3.8) is 0 Å². The fraction of sp³-hybridized carbons (Fsp3) is 0.500. The van der Waals surface area contributed by atoms with Gasteiger partial charge in [0.05, 0.1) is 23.2 Å². The van der Waals surface area contributed by atoms with Gasteiger partial charge in [0.2, 0.25) is 0 Å². The fourth-order valence-electron chi connectivity index (χ4n) is 2.26. The van der Waals surface area contributed by atoms with Crippen molar-refractivity contribution in [1.29, 1.82) is 0 Å². The molecule has 1 N–H and O–H groups in total. The van der Waals surface area contributed by atoms with Gasteiger partial charge in [-0.2, -0.15) is 0 Å². The normalized spacial score (nSPS) is 24.1. The topological polar surface area (TPSA) is 54.4 Å². The molecule has 0 saturated carbocycles. The minimum atomic E-state index is -3.19. The lowest BCUT2D eigenvalue weighted by Crippen LogP contribution is -2.17. The molecule has 0 spiro atoms. The number of rotatable bonds is 2. The maximum Gasteiger partial charge on any atom is 0.150 e. The molecule has 1 aliphatic rings. The summed E-state index contributed by atoms with van der Waals surface area (Å²) in [6.45, 7) is 1.47. The number of aliphatic hydroxyl groups is 1. The van der Waals surface area contributed by atoms with Crippen molar-refractivity contribution in [3.8, 4) is 0 Å². The molecule has 0 bridgehead atoms. The van der Waals surface area contributed by atoms with Crippen LogP contribution in [0.4, 0.5) is 8.78 Å². The van der Waals surface area contributed by atoms with Crippen molar-refractivity contribution in [2.24, 2.45) is 5.92 Å². The van der Waals surface area contributed by atoms with Crippen LogP contribution >= 0.6 is 0 Å². The van der Waals surface area contributed by atoms with Crippen LogP contribution in [0.25, 0.3) is 0 Å². The first-order chi connectivity index (χ1) is 8.32. The molecule has 1 saturated heterocycles. The average molecular weight is 276 g/mol. The van der Waals surface area contributed by atoms with Gasteiger partial charge in [0, 0.05) is 5.92 Å². The smallest absolute Gasteiger partial charge is 0.150 e. The van der Waals surface area contributed by atoms with Gasteiger partial charge < -0.3 is 5.11 Å². The first-order valence-corrected chi connectivity index (χ1v) is 7.47. The average Bonchev–Trinajstić information content (AvgIpc) is 2.65. The molecule has 100 valence electrons. The maximum absolute atomic E-state index is 13.8. The Morgan fingerprint density at radius 3 is 2.61 bits per heavy atom. The van der Waals surface area contributed by atoms with E-state index in [-0.39, 0.29) is 23.5 Å². The molecule has 2 unspecified atom stereocenters. The van der Waals surface area contributed by atoms with Crippen molar-refractivity contribution in [1.82, 2.24) is 0 Å². The second kappa shape index (κ2) is 4.59. The van der Waals surface area contributed by atoms with E-state index in [9.17, 15) is 22.3 Å². The van der Waals surface area contributed by atoms with Crippen LogP contribution < -0.4 is 0 Å². The van der Waals surface area contributed by atoms with Gasteiger partial charge in [0.25, 0.3) is 0 Å². The number of halogens is 2. The summed E-state index contributed by atoms with van der Waals surface area (Å²) < 4.78 is 50.0. The van der Waals surface area contributed by atoms with E-state index in [1.165, 1.54) is 13.0 Å². The van der Waals surface area contributed by atoms with Gasteiger partial charge in [0.1, 0.15) is 11.6 Å². The summed E-state index contributed by atoms with van der Waals surface area (Å²) >= 11 is 0. The van der Waals surface area contributed by atoms with E-state index >= 15 is 0 Å². The van der Waals surface area contributed by atoms with E-state index in [1.54, 1.807) is 0 Å². The number of hydrogen-bond acceptors (Lipinski definition) is 3. The molecule has 1 heterocycles. The largest absolute Gasteiger partial charge is 0.388 e. The molecule has 3 nitrogen and oxygen atoms in total. The second-order valence-corrected chi connectivity index (χ2v) is 6.93. The molecular formula is C12H14F2O3S. The highest BCUT2D eigenvalue weighted by Gasteiger charge is 2.36. The lowest BCUT2D eigenvalue weighted by molar-refractivity contribution is 0.112. The Hall–Kier alpha value is -1.01. The summed E-state index contributed by atoms with van der Waals surface area (Å²) in [5.41, 5.74) is -0.191. The van der Waals surface area contributed by atoms with E-state index in [1.807, 2.05) is 0 Å². The van der Waals surface area contributed by atoms with E-state index in [2.05, 4.69) is 0 Å². The zero-order valence-corrected chi connectivity index (χ0v) is 10.7. The molecule has 2 rings (SSSR count). The Balaban J connectivity index is 2.35. The monoisotopic (exact) mass is 276 g/mol. The molecule has 0 radical (unpaired) electrons.